The van der Waals surface area contributed by atoms with Crippen LogP contribution >= 0.6 is 95.6 Å². The van der Waals surface area contributed by atoms with Crippen molar-refractivity contribution in [1.82, 2.24) is 19.9 Å². The highest BCUT2D eigenvalue weighted by molar-refractivity contribution is 9.11. The number of halogens is 6. The Morgan fingerprint density at radius 1 is 0.422 bits per heavy atom. The number of pyridine rings is 4. The van der Waals surface area contributed by atoms with Gasteiger partial charge in [-0.2, -0.15) is 0 Å². The van der Waals surface area contributed by atoms with Gasteiger partial charge in [0.05, 0.1) is 28.2 Å². The van der Waals surface area contributed by atoms with Gasteiger partial charge in [0.2, 0.25) is 0 Å². The van der Waals surface area contributed by atoms with Crippen molar-refractivity contribution >= 4 is 167 Å². The molecule has 0 spiro atoms. The second-order valence-electron chi connectivity index (χ2n) is 16.0. The van der Waals surface area contributed by atoms with Crippen LogP contribution in [0.2, 0.25) is 0 Å². The number of aromatic nitrogens is 4. The van der Waals surface area contributed by atoms with Crippen LogP contribution in [0.1, 0.15) is 98.4 Å². The van der Waals surface area contributed by atoms with E-state index in [1.807, 2.05) is 90.0 Å². The molecular weight excluding hydrogens is 1200 g/mol. The zero-order valence-electron chi connectivity index (χ0n) is 39.4. The lowest BCUT2D eigenvalue weighted by atomic mass is 10.0. The summed E-state index contributed by atoms with van der Waals surface area (Å²) in [5.74, 6) is 0.932. The second kappa shape index (κ2) is 27.3. The summed E-state index contributed by atoms with van der Waals surface area (Å²) in [5, 5.41) is 0. The summed E-state index contributed by atoms with van der Waals surface area (Å²) in [5.41, 5.74) is 25.5. The van der Waals surface area contributed by atoms with Gasteiger partial charge in [0.25, 0.3) is 0 Å². The van der Waals surface area contributed by atoms with Crippen molar-refractivity contribution < 1.29 is 9.59 Å². The topological polar surface area (TPSA) is 151 Å². The summed E-state index contributed by atoms with van der Waals surface area (Å²) in [4.78, 5) is 46.6. The van der Waals surface area contributed by atoms with E-state index in [4.69, 9.17) is 11.5 Å². The zero-order valence-corrected chi connectivity index (χ0v) is 49.0. The van der Waals surface area contributed by atoms with Crippen LogP contribution in [0.4, 0.5) is 34.4 Å². The predicted molar refractivity (Wildman–Crippen MR) is 297 cm³/mol. The van der Waals surface area contributed by atoms with Crippen molar-refractivity contribution in [3.63, 3.8) is 0 Å². The lowest BCUT2D eigenvalue weighted by molar-refractivity contribution is 0.112. The van der Waals surface area contributed by atoms with Gasteiger partial charge < -0.3 is 31.1 Å². The average Bonchev–Trinajstić information content (AvgIpc) is 3.14. The van der Waals surface area contributed by atoms with Crippen molar-refractivity contribution in [1.29, 1.82) is 0 Å². The molecule has 348 valence electrons. The molecule has 0 aliphatic rings. The van der Waals surface area contributed by atoms with Gasteiger partial charge in [0.15, 0.2) is 12.6 Å². The summed E-state index contributed by atoms with van der Waals surface area (Å²) in [7, 11) is 15.6. The molecule has 0 aliphatic heterocycles. The standard InChI is InChI=1S/C15H20Br2N2.C15H24N4.C9H8Br2N2O2.C7H8Br2N2/c2*1-9(2)7-11-13(19(5)6)12(8-10(3)4)15(17)18-14(11)16;1-13(2)7-5(3-14)8(10)12-9(11)6(7)4-15;1-11(2)5-3-6(8)10-7(9)4-5/h7-8H,1-6H3;7-8H,1-6H3,(H4,16,17,18);3-4H,1-2H3;3-4H,1-2H3. The van der Waals surface area contributed by atoms with E-state index in [-0.39, 0.29) is 0 Å². The van der Waals surface area contributed by atoms with Crippen molar-refractivity contribution in [3.8, 4) is 0 Å². The third-order valence-corrected chi connectivity index (χ3v) is 11.4. The van der Waals surface area contributed by atoms with Crippen molar-refractivity contribution in [2.45, 2.75) is 55.4 Å². The Morgan fingerprint density at radius 3 is 0.953 bits per heavy atom. The smallest absolute Gasteiger partial charge is 0.154 e. The van der Waals surface area contributed by atoms with E-state index in [1.165, 1.54) is 22.3 Å². The molecule has 0 atom stereocenters. The maximum Gasteiger partial charge on any atom is 0.154 e. The molecule has 4 rings (SSSR count). The highest BCUT2D eigenvalue weighted by atomic mass is 79.9. The Bertz CT molecular complexity index is 2170. The maximum atomic E-state index is 10.9. The monoisotopic (exact) mass is 1260 g/mol. The van der Waals surface area contributed by atoms with E-state index in [9.17, 15) is 9.59 Å². The lowest BCUT2D eigenvalue weighted by Crippen LogP contribution is -2.16. The first-order valence-corrected chi connectivity index (χ1v) is 24.2. The molecule has 12 nitrogen and oxygen atoms in total. The molecule has 0 unspecified atom stereocenters. The number of hydrogen-bond acceptors (Lipinski definition) is 12. The summed E-state index contributed by atoms with van der Waals surface area (Å²) in [6.07, 6.45) is 9.74. The summed E-state index contributed by atoms with van der Waals surface area (Å²) >= 11 is 20.1. The van der Waals surface area contributed by atoms with Gasteiger partial charge in [-0.25, -0.2) is 19.9 Å². The van der Waals surface area contributed by atoms with E-state index in [0.717, 1.165) is 57.7 Å². The molecule has 0 saturated carbocycles. The fourth-order valence-electron chi connectivity index (χ4n) is 5.79. The quantitative estimate of drug-likeness (QED) is 0.115. The number of aldehydes is 2. The minimum absolute atomic E-state index is 0.366. The van der Waals surface area contributed by atoms with Crippen LogP contribution in [0.3, 0.4) is 0 Å². The molecule has 0 saturated heterocycles. The second-order valence-corrected chi connectivity index (χ2v) is 20.6. The number of nitrogens with zero attached hydrogens (tertiary/aromatic N) is 8. The van der Waals surface area contributed by atoms with Crippen molar-refractivity contribution in [2.24, 2.45) is 0 Å². The van der Waals surface area contributed by atoms with Crippen LogP contribution in [0.5, 0.6) is 0 Å². The van der Waals surface area contributed by atoms with E-state index in [2.05, 4.69) is 174 Å². The fraction of sp³-hybridized carbons (Fsp3) is 0.348. The number of hydrogen-bond donors (Lipinski definition) is 2. The first kappa shape index (κ1) is 58.6. The molecule has 0 aromatic carbocycles. The minimum atomic E-state index is 0.366. The van der Waals surface area contributed by atoms with Gasteiger partial charge in [-0.05, 0) is 163 Å². The number of anilines is 6. The Hall–Kier alpha value is -3.42. The van der Waals surface area contributed by atoms with Crippen molar-refractivity contribution in [3.05, 3.63) is 95.4 Å². The van der Waals surface area contributed by atoms with Gasteiger partial charge in [0.1, 0.15) is 39.3 Å². The van der Waals surface area contributed by atoms with Gasteiger partial charge in [-0.15, -0.1) is 0 Å². The Labute approximate surface area is 430 Å². The van der Waals surface area contributed by atoms with Crippen LogP contribution in [0.25, 0.3) is 24.3 Å². The molecule has 64 heavy (non-hydrogen) atoms. The third kappa shape index (κ3) is 17.8. The minimum Gasteiger partial charge on any atom is -0.383 e. The molecule has 18 heteroatoms. The molecule has 0 amide bonds. The zero-order chi connectivity index (χ0) is 49.5. The van der Waals surface area contributed by atoms with Crippen LogP contribution in [-0.2, 0) is 0 Å². The fourth-order valence-corrected chi connectivity index (χ4v) is 9.23. The molecule has 4 N–H and O–H groups in total. The summed E-state index contributed by atoms with van der Waals surface area (Å²) < 4.78 is 4.23. The maximum absolute atomic E-state index is 10.9. The first-order valence-electron chi connectivity index (χ1n) is 19.5. The number of rotatable bonds is 10. The summed E-state index contributed by atoms with van der Waals surface area (Å²) in [6.45, 7) is 16.5. The van der Waals surface area contributed by atoms with E-state index in [1.54, 1.807) is 19.0 Å². The van der Waals surface area contributed by atoms with Gasteiger partial charge in [-0.3, -0.25) is 9.59 Å². The van der Waals surface area contributed by atoms with E-state index >= 15 is 0 Å². The number of carbonyl (C=O) groups is 2. The normalized spacial score (nSPS) is 9.97. The highest BCUT2D eigenvalue weighted by Crippen LogP contribution is 2.38. The predicted octanol–water partition coefficient (Wildman–Crippen LogP) is 13.6. The molecule has 0 aliphatic carbocycles. The number of allylic oxidation sites excluding steroid dienone is 4. The molecule has 4 heterocycles. The molecule has 4 aromatic heterocycles. The summed E-state index contributed by atoms with van der Waals surface area (Å²) in [6, 6.07) is 3.93. The average molecular weight is 1260 g/mol. The van der Waals surface area contributed by atoms with Crippen LogP contribution in [0, 0.1) is 0 Å². The van der Waals surface area contributed by atoms with Gasteiger partial charge in [-0.1, -0.05) is 46.6 Å². The Balaban J connectivity index is 0.000000435. The first-order chi connectivity index (χ1) is 29.6. The number of nitrogen functional groups attached to an aromatic ring is 2. The van der Waals surface area contributed by atoms with E-state index in [0.29, 0.717) is 50.2 Å². The Kier molecular flexibility index (Phi) is 25.0. The van der Waals surface area contributed by atoms with Gasteiger partial charge >= 0.3 is 0 Å². The van der Waals surface area contributed by atoms with Crippen LogP contribution in [-0.4, -0.2) is 88.9 Å². The van der Waals surface area contributed by atoms with Crippen molar-refractivity contribution in [2.75, 3.05) is 87.4 Å². The third-order valence-electron chi connectivity index (χ3n) is 8.18. The molecular formula is C46H60Br6N10O2. The number of nitrogens with two attached hydrogens (primary N) is 2. The van der Waals surface area contributed by atoms with Crippen LogP contribution < -0.4 is 31.1 Å². The largest absolute Gasteiger partial charge is 0.383 e. The van der Waals surface area contributed by atoms with E-state index < -0.39 is 0 Å². The molecule has 0 fully saturated rings. The molecule has 0 bridgehead atoms. The Morgan fingerprint density at radius 2 is 0.688 bits per heavy atom. The highest BCUT2D eigenvalue weighted by Gasteiger charge is 2.19. The lowest BCUT2D eigenvalue weighted by Gasteiger charge is -2.21. The SMILES string of the molecule is CC(C)=Cc1c(Br)nc(Br)c(C=C(C)C)c1N(C)C.CC(C)=Cc1c(N)nc(N)c(C=C(C)C)c1N(C)C.CN(C)c1c(C=O)c(Br)nc(Br)c1C=O.CN(C)c1cc(Br)nc(Br)c1. The molecule has 0 radical (unpaired) electrons. The van der Waals surface area contributed by atoms with Crippen LogP contribution in [0.15, 0.2) is 62.0 Å². The number of carbonyl (C=O) groups excluding carboxylic acids is 2. The van der Waals surface area contributed by atoms with Gasteiger partial charge in [0, 0.05) is 84.3 Å². The molecule has 4 aromatic rings.